The first-order valence-electron chi connectivity index (χ1n) is 13.2. The number of hydrogen-bond donors (Lipinski definition) is 2. The molecule has 0 aliphatic heterocycles. The lowest BCUT2D eigenvalue weighted by Crippen LogP contribution is -2.33. The van der Waals surface area contributed by atoms with Crippen molar-refractivity contribution in [2.45, 2.75) is 37.2 Å². The maximum atomic E-state index is 13.6. The van der Waals surface area contributed by atoms with Crippen molar-refractivity contribution in [2.75, 3.05) is 6.54 Å². The van der Waals surface area contributed by atoms with Crippen molar-refractivity contribution >= 4 is 0 Å². The summed E-state index contributed by atoms with van der Waals surface area (Å²) in [6.07, 6.45) is -19.7. The largest absolute Gasteiger partial charge is 0.573 e. The van der Waals surface area contributed by atoms with Crippen LogP contribution >= 0.6 is 0 Å². The molecule has 2 unspecified atom stereocenters. The Morgan fingerprint density at radius 2 is 1.15 bits per heavy atom. The van der Waals surface area contributed by atoms with Crippen LogP contribution in [0.4, 0.5) is 43.9 Å². The highest BCUT2D eigenvalue weighted by atomic mass is 19.4. The Bertz CT molecular complexity index is 1560. The summed E-state index contributed by atoms with van der Waals surface area (Å²) in [5.74, 6) is -0.636. The molecule has 0 aromatic heterocycles. The highest BCUT2D eigenvalue weighted by Gasteiger charge is 2.44. The minimum absolute atomic E-state index is 0.142. The van der Waals surface area contributed by atoms with E-state index < -0.39 is 54.3 Å². The number of alkyl halides is 10. The number of rotatable bonds is 12. The Kier molecular flexibility index (Phi) is 10.4. The molecule has 0 saturated heterocycles. The van der Waals surface area contributed by atoms with Gasteiger partial charge in [-0.3, -0.25) is 0 Å². The standard InChI is InChI=1S/C31H23F10NO4/c32-28(33)30(37,38)45-25-3-1-2-20(16-25)27(42-17-26(43)18-4-8-21(9-5-18)29(34,35)36)19-6-10-22(11-7-19)44-23-12-14-24(15-13-23)46-31(39,40)41/h1-16,26-28,42-43H,17H2. The first-order valence-corrected chi connectivity index (χ1v) is 13.2. The normalized spacial score (nSPS) is 13.7. The predicted molar refractivity (Wildman–Crippen MR) is 144 cm³/mol. The highest BCUT2D eigenvalue weighted by molar-refractivity contribution is 5.41. The van der Waals surface area contributed by atoms with Gasteiger partial charge in [0, 0.05) is 6.54 Å². The molecule has 46 heavy (non-hydrogen) atoms. The molecule has 5 nitrogen and oxygen atoms in total. The van der Waals surface area contributed by atoms with Gasteiger partial charge < -0.3 is 24.6 Å². The van der Waals surface area contributed by atoms with E-state index in [9.17, 15) is 49.0 Å². The lowest BCUT2D eigenvalue weighted by atomic mass is 9.97. The molecule has 4 aromatic rings. The molecule has 0 aliphatic rings. The van der Waals surface area contributed by atoms with Crippen molar-refractivity contribution in [2.24, 2.45) is 0 Å². The number of hydrogen-bond acceptors (Lipinski definition) is 5. The lowest BCUT2D eigenvalue weighted by Gasteiger charge is -2.24. The van der Waals surface area contributed by atoms with Crippen LogP contribution in [0.1, 0.15) is 34.4 Å². The second kappa shape index (κ2) is 13.9. The lowest BCUT2D eigenvalue weighted by molar-refractivity contribution is -0.274. The van der Waals surface area contributed by atoms with Gasteiger partial charge in [0.15, 0.2) is 0 Å². The summed E-state index contributed by atoms with van der Waals surface area (Å²) in [6.45, 7) is -0.251. The summed E-state index contributed by atoms with van der Waals surface area (Å²) in [4.78, 5) is 0. The van der Waals surface area contributed by atoms with Crippen LogP contribution in [0.25, 0.3) is 0 Å². The van der Waals surface area contributed by atoms with Gasteiger partial charge in [-0.05, 0) is 77.4 Å². The van der Waals surface area contributed by atoms with Gasteiger partial charge in [0.05, 0.1) is 17.7 Å². The molecule has 4 aromatic carbocycles. The molecule has 246 valence electrons. The Morgan fingerprint density at radius 3 is 1.70 bits per heavy atom. The number of nitrogens with one attached hydrogen (secondary N) is 1. The van der Waals surface area contributed by atoms with Crippen LogP contribution in [0.5, 0.6) is 23.0 Å². The first kappa shape index (κ1) is 34.4. The molecule has 0 heterocycles. The molecular formula is C31H23F10NO4. The molecule has 0 radical (unpaired) electrons. The molecular weight excluding hydrogens is 640 g/mol. The van der Waals surface area contributed by atoms with E-state index in [4.69, 9.17) is 4.74 Å². The molecule has 0 aliphatic carbocycles. The van der Waals surface area contributed by atoms with Crippen molar-refractivity contribution in [3.63, 3.8) is 0 Å². The number of ether oxygens (including phenoxy) is 3. The maximum Gasteiger partial charge on any atom is 0.573 e. The van der Waals surface area contributed by atoms with Crippen LogP contribution in [0.3, 0.4) is 0 Å². The summed E-state index contributed by atoms with van der Waals surface area (Å²) in [5, 5.41) is 13.7. The van der Waals surface area contributed by atoms with E-state index in [0.29, 0.717) is 5.56 Å². The SMILES string of the molecule is OC(CNC(c1ccc(Oc2ccc(OC(F)(F)F)cc2)cc1)c1cccc(OC(F)(F)C(F)F)c1)c1ccc(C(F)(F)F)cc1. The molecule has 0 bridgehead atoms. The third kappa shape index (κ3) is 9.50. The quantitative estimate of drug-likeness (QED) is 0.148. The third-order valence-corrected chi connectivity index (χ3v) is 6.34. The van der Waals surface area contributed by atoms with E-state index in [1.807, 2.05) is 0 Å². The highest BCUT2D eigenvalue weighted by Crippen LogP contribution is 2.34. The van der Waals surface area contributed by atoms with Gasteiger partial charge in [-0.1, -0.05) is 36.4 Å². The molecule has 0 saturated carbocycles. The van der Waals surface area contributed by atoms with Crippen molar-refractivity contribution in [1.29, 1.82) is 0 Å². The maximum absolute atomic E-state index is 13.6. The molecule has 0 fully saturated rings. The van der Waals surface area contributed by atoms with Crippen LogP contribution in [-0.4, -0.2) is 30.5 Å². The Balaban J connectivity index is 1.56. The van der Waals surface area contributed by atoms with E-state index in [1.165, 1.54) is 48.5 Å². The van der Waals surface area contributed by atoms with Gasteiger partial charge in [-0.25, -0.2) is 0 Å². The van der Waals surface area contributed by atoms with E-state index in [1.54, 1.807) is 0 Å². The summed E-state index contributed by atoms with van der Waals surface area (Å²) in [7, 11) is 0. The third-order valence-electron chi connectivity index (χ3n) is 6.34. The molecule has 15 heteroatoms. The molecule has 0 spiro atoms. The number of aliphatic hydroxyl groups is 1. The van der Waals surface area contributed by atoms with E-state index in [2.05, 4.69) is 14.8 Å². The van der Waals surface area contributed by atoms with E-state index in [0.717, 1.165) is 48.5 Å². The summed E-state index contributed by atoms with van der Waals surface area (Å²) >= 11 is 0. The van der Waals surface area contributed by atoms with E-state index in [-0.39, 0.29) is 29.2 Å². The Labute approximate surface area is 254 Å². The van der Waals surface area contributed by atoms with Gasteiger partial charge >= 0.3 is 25.1 Å². The Hall–Kier alpha value is -4.50. The van der Waals surface area contributed by atoms with Crippen LogP contribution in [0, 0.1) is 0 Å². The summed E-state index contributed by atoms with van der Waals surface area (Å²) in [6, 6.07) is 18.3. The van der Waals surface area contributed by atoms with E-state index >= 15 is 0 Å². The fraction of sp³-hybridized carbons (Fsp3) is 0.226. The monoisotopic (exact) mass is 663 g/mol. The molecule has 2 N–H and O–H groups in total. The minimum Gasteiger partial charge on any atom is -0.457 e. The fourth-order valence-corrected chi connectivity index (χ4v) is 4.20. The zero-order valence-corrected chi connectivity index (χ0v) is 23.1. The van der Waals surface area contributed by atoms with Crippen LogP contribution in [0.15, 0.2) is 97.1 Å². The Morgan fingerprint density at radius 1 is 0.609 bits per heavy atom. The number of benzene rings is 4. The average molecular weight is 664 g/mol. The van der Waals surface area contributed by atoms with Gasteiger partial charge in [0.2, 0.25) is 0 Å². The summed E-state index contributed by atoms with van der Waals surface area (Å²) < 4.78 is 142. The number of halogens is 10. The van der Waals surface area contributed by atoms with Crippen LogP contribution in [-0.2, 0) is 6.18 Å². The van der Waals surface area contributed by atoms with Gasteiger partial charge in [0.25, 0.3) is 0 Å². The van der Waals surface area contributed by atoms with Crippen molar-refractivity contribution in [1.82, 2.24) is 5.32 Å². The van der Waals surface area contributed by atoms with Crippen molar-refractivity contribution < 1.29 is 63.2 Å². The predicted octanol–water partition coefficient (Wildman–Crippen LogP) is 9.05. The van der Waals surface area contributed by atoms with Gasteiger partial charge in [-0.2, -0.15) is 30.7 Å². The minimum atomic E-state index is -4.87. The van der Waals surface area contributed by atoms with Gasteiger partial charge in [0.1, 0.15) is 23.0 Å². The van der Waals surface area contributed by atoms with Crippen LogP contribution in [0.2, 0.25) is 0 Å². The smallest absolute Gasteiger partial charge is 0.457 e. The van der Waals surface area contributed by atoms with Gasteiger partial charge in [-0.15, -0.1) is 13.2 Å². The van der Waals surface area contributed by atoms with Crippen LogP contribution < -0.4 is 19.5 Å². The molecule has 2 atom stereocenters. The first-order chi connectivity index (χ1) is 21.5. The zero-order chi connectivity index (χ0) is 33.7. The summed E-state index contributed by atoms with van der Waals surface area (Å²) in [5.41, 5.74) is -0.0994. The number of aliphatic hydroxyl groups excluding tert-OH is 1. The molecule has 0 amide bonds. The van der Waals surface area contributed by atoms with Crippen molar-refractivity contribution in [3.05, 3.63) is 119 Å². The second-order valence-electron chi connectivity index (χ2n) is 9.70. The second-order valence-corrected chi connectivity index (χ2v) is 9.70. The fourth-order valence-electron chi connectivity index (χ4n) is 4.20. The average Bonchev–Trinajstić information content (AvgIpc) is 2.98. The zero-order valence-electron chi connectivity index (χ0n) is 23.1. The van der Waals surface area contributed by atoms with Crippen molar-refractivity contribution in [3.8, 4) is 23.0 Å². The topological polar surface area (TPSA) is 60.0 Å². The molecule has 4 rings (SSSR count).